The highest BCUT2D eigenvalue weighted by Crippen LogP contribution is 2.19. The smallest absolute Gasteiger partial charge is 0.305 e. The van der Waals surface area contributed by atoms with Crippen LogP contribution in [0.4, 0.5) is 0 Å². The van der Waals surface area contributed by atoms with Gasteiger partial charge in [0.25, 0.3) is 0 Å². The van der Waals surface area contributed by atoms with E-state index in [1.807, 2.05) is 12.3 Å². The Morgan fingerprint density at radius 3 is 3.06 bits per heavy atom. The summed E-state index contributed by atoms with van der Waals surface area (Å²) in [6.07, 6.45) is 4.16. The van der Waals surface area contributed by atoms with Crippen molar-refractivity contribution in [2.24, 2.45) is 0 Å². The summed E-state index contributed by atoms with van der Waals surface area (Å²) in [6.45, 7) is 0. The Hall–Kier alpha value is -1.77. The number of aromatic amines is 1. The molecule has 0 atom stereocenters. The SMILES string of the molecule is COC(=O)CCCc1cccc2[nH]ccc12. The van der Waals surface area contributed by atoms with Crippen molar-refractivity contribution in [1.29, 1.82) is 0 Å². The Morgan fingerprint density at radius 1 is 1.38 bits per heavy atom. The lowest BCUT2D eigenvalue weighted by Crippen LogP contribution is -2.00. The summed E-state index contributed by atoms with van der Waals surface area (Å²) in [6, 6.07) is 8.27. The minimum Gasteiger partial charge on any atom is -0.469 e. The molecular formula is C13H15NO2. The van der Waals surface area contributed by atoms with Crippen molar-refractivity contribution in [3.8, 4) is 0 Å². The quantitative estimate of drug-likeness (QED) is 0.800. The number of methoxy groups -OCH3 is 1. The van der Waals surface area contributed by atoms with Crippen LogP contribution in [0.3, 0.4) is 0 Å². The number of aromatic nitrogens is 1. The van der Waals surface area contributed by atoms with Crippen molar-refractivity contribution >= 4 is 16.9 Å². The maximum atomic E-state index is 11.0. The first-order chi connectivity index (χ1) is 7.81. The molecule has 1 heterocycles. The third-order valence-electron chi connectivity index (χ3n) is 2.74. The zero-order chi connectivity index (χ0) is 11.4. The minimum absolute atomic E-state index is 0.138. The van der Waals surface area contributed by atoms with Gasteiger partial charge in [0.1, 0.15) is 0 Å². The van der Waals surface area contributed by atoms with Crippen LogP contribution in [0.1, 0.15) is 18.4 Å². The molecule has 1 aromatic heterocycles. The van der Waals surface area contributed by atoms with Crippen LogP contribution in [0.25, 0.3) is 10.9 Å². The first-order valence-electron chi connectivity index (χ1n) is 5.43. The number of hydrogen-bond donors (Lipinski definition) is 1. The first kappa shape index (κ1) is 10.7. The van der Waals surface area contributed by atoms with Crippen LogP contribution in [0.5, 0.6) is 0 Å². The molecule has 0 saturated carbocycles. The standard InChI is InChI=1S/C13H15NO2/c1-16-13(15)7-3-5-10-4-2-6-12-11(10)8-9-14-12/h2,4,6,8-9,14H,3,5,7H2,1H3. The van der Waals surface area contributed by atoms with Crippen LogP contribution in [0.15, 0.2) is 30.5 Å². The summed E-state index contributed by atoms with van der Waals surface area (Å²) in [5.41, 5.74) is 2.43. The summed E-state index contributed by atoms with van der Waals surface area (Å²) in [7, 11) is 1.43. The molecule has 0 aliphatic heterocycles. The molecule has 1 aromatic carbocycles. The van der Waals surface area contributed by atoms with Crippen LogP contribution in [-0.4, -0.2) is 18.1 Å². The highest BCUT2D eigenvalue weighted by molar-refractivity contribution is 5.82. The molecule has 0 bridgehead atoms. The fourth-order valence-corrected chi connectivity index (χ4v) is 1.89. The van der Waals surface area contributed by atoms with Gasteiger partial charge in [0, 0.05) is 23.5 Å². The van der Waals surface area contributed by atoms with Gasteiger partial charge in [0.2, 0.25) is 0 Å². The van der Waals surface area contributed by atoms with Crippen molar-refractivity contribution in [2.45, 2.75) is 19.3 Å². The van der Waals surface area contributed by atoms with Gasteiger partial charge in [-0.25, -0.2) is 0 Å². The molecule has 16 heavy (non-hydrogen) atoms. The number of esters is 1. The van der Waals surface area contributed by atoms with E-state index < -0.39 is 0 Å². The van der Waals surface area contributed by atoms with Gasteiger partial charge in [-0.15, -0.1) is 0 Å². The molecule has 2 rings (SSSR count). The molecular weight excluding hydrogens is 202 g/mol. The van der Waals surface area contributed by atoms with E-state index in [4.69, 9.17) is 0 Å². The Bertz CT molecular complexity index is 487. The monoisotopic (exact) mass is 217 g/mol. The highest BCUT2D eigenvalue weighted by atomic mass is 16.5. The number of fused-ring (bicyclic) bond motifs is 1. The summed E-state index contributed by atoms with van der Waals surface area (Å²) in [5.74, 6) is -0.138. The van der Waals surface area contributed by atoms with E-state index in [2.05, 4.69) is 27.9 Å². The van der Waals surface area contributed by atoms with Crippen molar-refractivity contribution in [3.05, 3.63) is 36.0 Å². The molecule has 0 unspecified atom stereocenters. The summed E-state index contributed by atoms with van der Waals surface area (Å²) >= 11 is 0. The van der Waals surface area contributed by atoms with E-state index in [0.717, 1.165) is 18.4 Å². The molecule has 0 spiro atoms. The Morgan fingerprint density at radius 2 is 2.25 bits per heavy atom. The van der Waals surface area contributed by atoms with Crippen LogP contribution in [0, 0.1) is 0 Å². The maximum Gasteiger partial charge on any atom is 0.305 e. The predicted octanol–water partition coefficient (Wildman–Crippen LogP) is 2.66. The molecule has 0 saturated heterocycles. The van der Waals surface area contributed by atoms with Gasteiger partial charge in [0.05, 0.1) is 7.11 Å². The predicted molar refractivity (Wildman–Crippen MR) is 63.3 cm³/mol. The lowest BCUT2D eigenvalue weighted by molar-refractivity contribution is -0.140. The molecule has 0 aliphatic rings. The average molecular weight is 217 g/mol. The zero-order valence-corrected chi connectivity index (χ0v) is 9.32. The number of benzene rings is 1. The number of H-pyrrole nitrogens is 1. The fraction of sp³-hybridized carbons (Fsp3) is 0.308. The molecule has 2 aromatic rings. The Balaban J connectivity index is 2.04. The topological polar surface area (TPSA) is 42.1 Å². The van der Waals surface area contributed by atoms with Crippen LogP contribution in [0.2, 0.25) is 0 Å². The Kier molecular flexibility index (Phi) is 3.25. The number of carbonyl (C=O) groups is 1. The van der Waals surface area contributed by atoms with Crippen molar-refractivity contribution in [3.63, 3.8) is 0 Å². The lowest BCUT2D eigenvalue weighted by atomic mass is 10.0. The maximum absolute atomic E-state index is 11.0. The van der Waals surface area contributed by atoms with Gasteiger partial charge < -0.3 is 9.72 Å². The molecule has 3 nitrogen and oxygen atoms in total. The Labute approximate surface area is 94.4 Å². The average Bonchev–Trinajstić information content (AvgIpc) is 2.77. The third kappa shape index (κ3) is 2.24. The van der Waals surface area contributed by atoms with Crippen LogP contribution in [-0.2, 0) is 16.0 Å². The first-order valence-corrected chi connectivity index (χ1v) is 5.43. The zero-order valence-electron chi connectivity index (χ0n) is 9.32. The van der Waals surface area contributed by atoms with Gasteiger partial charge >= 0.3 is 5.97 Å². The minimum atomic E-state index is -0.138. The number of hydrogen-bond acceptors (Lipinski definition) is 2. The van der Waals surface area contributed by atoms with Crippen LogP contribution >= 0.6 is 0 Å². The van der Waals surface area contributed by atoms with Gasteiger partial charge in [-0.1, -0.05) is 12.1 Å². The van der Waals surface area contributed by atoms with Crippen molar-refractivity contribution < 1.29 is 9.53 Å². The molecule has 84 valence electrons. The molecule has 1 N–H and O–H groups in total. The second-order valence-electron chi connectivity index (χ2n) is 3.79. The van der Waals surface area contributed by atoms with E-state index in [0.29, 0.717) is 6.42 Å². The second kappa shape index (κ2) is 4.84. The number of carbonyl (C=O) groups excluding carboxylic acids is 1. The van der Waals surface area contributed by atoms with E-state index in [-0.39, 0.29) is 5.97 Å². The molecule has 0 fully saturated rings. The second-order valence-corrected chi connectivity index (χ2v) is 3.79. The van der Waals surface area contributed by atoms with Gasteiger partial charge in [-0.3, -0.25) is 4.79 Å². The lowest BCUT2D eigenvalue weighted by Gasteiger charge is -2.02. The van der Waals surface area contributed by atoms with Gasteiger partial charge in [-0.05, 0) is 30.5 Å². The summed E-state index contributed by atoms with van der Waals surface area (Å²) < 4.78 is 4.62. The van der Waals surface area contributed by atoms with Crippen LogP contribution < -0.4 is 0 Å². The van der Waals surface area contributed by atoms with E-state index >= 15 is 0 Å². The summed E-state index contributed by atoms with van der Waals surface area (Å²) in [4.78, 5) is 14.2. The van der Waals surface area contributed by atoms with E-state index in [1.54, 1.807) is 0 Å². The van der Waals surface area contributed by atoms with E-state index in [9.17, 15) is 4.79 Å². The highest BCUT2D eigenvalue weighted by Gasteiger charge is 2.03. The number of aryl methyl sites for hydroxylation is 1. The number of rotatable bonds is 4. The third-order valence-corrected chi connectivity index (χ3v) is 2.74. The normalized spacial score (nSPS) is 10.6. The molecule has 3 heteroatoms. The summed E-state index contributed by atoms with van der Waals surface area (Å²) in [5, 5.41) is 1.24. The van der Waals surface area contributed by atoms with Gasteiger partial charge in [0.15, 0.2) is 0 Å². The number of ether oxygens (including phenoxy) is 1. The van der Waals surface area contributed by atoms with Gasteiger partial charge in [-0.2, -0.15) is 0 Å². The van der Waals surface area contributed by atoms with Crippen molar-refractivity contribution in [2.75, 3.05) is 7.11 Å². The molecule has 0 radical (unpaired) electrons. The fourth-order valence-electron chi connectivity index (χ4n) is 1.89. The van der Waals surface area contributed by atoms with Crippen molar-refractivity contribution in [1.82, 2.24) is 4.98 Å². The molecule has 0 aliphatic carbocycles. The van der Waals surface area contributed by atoms with E-state index in [1.165, 1.54) is 18.1 Å². The molecule has 0 amide bonds. The largest absolute Gasteiger partial charge is 0.469 e. The number of nitrogens with one attached hydrogen (secondary N) is 1.